The fourth-order valence-electron chi connectivity index (χ4n) is 4.95. The fourth-order valence-corrected chi connectivity index (χ4v) is 6.00. The van der Waals surface area contributed by atoms with Crippen molar-refractivity contribution in [2.75, 3.05) is 0 Å². The van der Waals surface area contributed by atoms with Crippen molar-refractivity contribution in [3.05, 3.63) is 113 Å². The molecule has 0 N–H and O–H groups in total. The van der Waals surface area contributed by atoms with Crippen LogP contribution in [0, 0.1) is 31.3 Å². The molecule has 1 radical (unpaired) electrons. The number of nitrogens with zero attached hydrogens (tertiary/aromatic N) is 3. The van der Waals surface area contributed by atoms with Gasteiger partial charge in [0.15, 0.2) is 0 Å². The standard InChI is InChI=1S/C28H29N2OS.C12H10N.Ir/c1-16-15-29-21(11-17(16)14-27(2,3)4)19-10-8-9-18-20-12-24-22(13-23(20)31-25(18)19)30-26(32-24)28(5,6)7;1-10-7-8-12(13-9-10)11-5-3-2-4-6-11;/h8-9,11-13,15H,14H2,1-7H3;2-5,7-9H,1H3;/q2*-1;/i1D3,14D2;;. The molecule has 7 rings (SSSR count). The first-order chi connectivity index (χ1) is 23.3. The molecule has 0 aliphatic carbocycles. The largest absolute Gasteiger partial charge is 0.501 e. The van der Waals surface area contributed by atoms with E-state index in [-0.39, 0.29) is 36.6 Å². The fraction of sp³-hybridized carbons (Fsp3) is 0.275. The van der Waals surface area contributed by atoms with Gasteiger partial charge in [0.05, 0.1) is 20.8 Å². The van der Waals surface area contributed by atoms with Crippen molar-refractivity contribution in [3.63, 3.8) is 0 Å². The number of aryl methyl sites for hydroxylation is 2. The monoisotopic (exact) mass is 807 g/mol. The Morgan fingerprint density at radius 2 is 1.70 bits per heavy atom. The van der Waals surface area contributed by atoms with Crippen molar-refractivity contribution < 1.29 is 31.4 Å². The summed E-state index contributed by atoms with van der Waals surface area (Å²) in [5, 5.41) is 2.90. The van der Waals surface area contributed by atoms with Crippen molar-refractivity contribution in [1.29, 1.82) is 0 Å². The number of thiazole rings is 1. The van der Waals surface area contributed by atoms with E-state index in [1.165, 1.54) is 11.8 Å². The SMILES string of the molecule is Cc1ccc(-c2[c-]cccc2)nc1.[2H]C([2H])([2H])c1cnc(-c2[c-]ccc3c2oc2cc4nc(C(C)(C)C)sc4cc23)cc1C([2H])([2H])C(C)(C)C.[Ir]. The molecule has 4 nitrogen and oxygen atoms in total. The van der Waals surface area contributed by atoms with Gasteiger partial charge in [-0.3, -0.25) is 0 Å². The first kappa shape index (κ1) is 27.4. The van der Waals surface area contributed by atoms with Crippen LogP contribution in [0.25, 0.3) is 54.7 Å². The van der Waals surface area contributed by atoms with Crippen LogP contribution in [0.4, 0.5) is 0 Å². The second kappa shape index (κ2) is 13.2. The van der Waals surface area contributed by atoms with Crippen LogP contribution in [0.3, 0.4) is 0 Å². The number of benzene rings is 3. The summed E-state index contributed by atoms with van der Waals surface area (Å²) >= 11 is 1.67. The molecule has 0 fully saturated rings. The van der Waals surface area contributed by atoms with E-state index in [1.807, 2.05) is 55.6 Å². The maximum atomic E-state index is 8.82. The van der Waals surface area contributed by atoms with Crippen molar-refractivity contribution >= 4 is 43.5 Å². The summed E-state index contributed by atoms with van der Waals surface area (Å²) in [5.74, 6) is 0. The topological polar surface area (TPSA) is 51.8 Å². The molecule has 0 atom stereocenters. The van der Waals surface area contributed by atoms with Crippen LogP contribution in [-0.4, -0.2) is 15.0 Å². The second-order valence-electron chi connectivity index (χ2n) is 13.3. The summed E-state index contributed by atoms with van der Waals surface area (Å²) in [7, 11) is 0. The average Bonchev–Trinajstić information content (AvgIpc) is 3.64. The van der Waals surface area contributed by atoms with Gasteiger partial charge in [-0.05, 0) is 54.1 Å². The summed E-state index contributed by atoms with van der Waals surface area (Å²) < 4.78 is 49.0. The van der Waals surface area contributed by atoms with E-state index >= 15 is 0 Å². The molecule has 0 amide bonds. The molecular weight excluding hydrogens is 763 g/mol. The van der Waals surface area contributed by atoms with Crippen LogP contribution in [0.1, 0.15) is 70.1 Å². The normalized spacial score (nSPS) is 14.0. The van der Waals surface area contributed by atoms with Crippen LogP contribution >= 0.6 is 11.3 Å². The molecule has 3 aromatic carbocycles. The van der Waals surface area contributed by atoms with Crippen molar-refractivity contribution in [2.45, 2.75) is 67.1 Å². The van der Waals surface area contributed by atoms with E-state index in [4.69, 9.17) is 16.3 Å². The van der Waals surface area contributed by atoms with Gasteiger partial charge in [0, 0.05) is 56.2 Å². The number of fused-ring (bicyclic) bond motifs is 4. The molecule has 237 valence electrons. The number of furan rings is 1. The van der Waals surface area contributed by atoms with E-state index in [0.29, 0.717) is 22.4 Å². The van der Waals surface area contributed by atoms with Gasteiger partial charge in [0.2, 0.25) is 0 Å². The van der Waals surface area contributed by atoms with Gasteiger partial charge in [0.1, 0.15) is 5.58 Å². The van der Waals surface area contributed by atoms with Crippen LogP contribution in [0.15, 0.2) is 83.5 Å². The Kier molecular flexibility index (Phi) is 7.86. The third-order valence-corrected chi connectivity index (χ3v) is 8.59. The van der Waals surface area contributed by atoms with Crippen LogP contribution in [-0.2, 0) is 31.9 Å². The molecule has 0 spiro atoms. The van der Waals surface area contributed by atoms with Crippen molar-refractivity contribution in [2.24, 2.45) is 5.41 Å². The van der Waals surface area contributed by atoms with Crippen molar-refractivity contribution in [3.8, 4) is 22.5 Å². The van der Waals surface area contributed by atoms with E-state index in [0.717, 1.165) is 37.3 Å². The molecule has 0 saturated heterocycles. The summed E-state index contributed by atoms with van der Waals surface area (Å²) in [6.45, 7) is 11.2. The van der Waals surface area contributed by atoms with Crippen LogP contribution in [0.2, 0.25) is 0 Å². The Morgan fingerprint density at radius 1 is 0.891 bits per heavy atom. The predicted octanol–water partition coefficient (Wildman–Crippen LogP) is 11.1. The van der Waals surface area contributed by atoms with Gasteiger partial charge in [-0.2, -0.15) is 0 Å². The zero-order valence-corrected chi connectivity index (χ0v) is 30.2. The maximum absolute atomic E-state index is 8.82. The van der Waals surface area contributed by atoms with Crippen LogP contribution < -0.4 is 0 Å². The minimum Gasteiger partial charge on any atom is -0.501 e. The maximum Gasteiger partial charge on any atom is 0.123 e. The molecular formula is C40H39IrN3OS-2. The van der Waals surface area contributed by atoms with E-state index in [2.05, 4.69) is 55.0 Å². The summed E-state index contributed by atoms with van der Waals surface area (Å²) in [4.78, 5) is 13.6. The van der Waals surface area contributed by atoms with Gasteiger partial charge in [-0.1, -0.05) is 76.3 Å². The molecule has 0 aliphatic rings. The third-order valence-electron chi connectivity index (χ3n) is 7.15. The predicted molar refractivity (Wildman–Crippen MR) is 189 cm³/mol. The molecule has 0 unspecified atom stereocenters. The van der Waals surface area contributed by atoms with Gasteiger partial charge in [0.25, 0.3) is 0 Å². The molecule has 0 bridgehead atoms. The third kappa shape index (κ3) is 7.31. The quantitative estimate of drug-likeness (QED) is 0.167. The molecule has 46 heavy (non-hydrogen) atoms. The van der Waals surface area contributed by atoms with E-state index in [1.54, 1.807) is 44.2 Å². The average molecular weight is 807 g/mol. The molecule has 7 aromatic rings. The number of pyridine rings is 2. The zero-order chi connectivity index (χ0) is 36.2. The number of hydrogen-bond donors (Lipinski definition) is 0. The number of aromatic nitrogens is 3. The molecule has 0 aliphatic heterocycles. The van der Waals surface area contributed by atoms with E-state index < -0.39 is 18.6 Å². The Bertz CT molecular complexity index is 2320. The van der Waals surface area contributed by atoms with Crippen LogP contribution in [0.5, 0.6) is 0 Å². The minimum atomic E-state index is -2.50. The van der Waals surface area contributed by atoms with Gasteiger partial charge in [-0.25, -0.2) is 4.98 Å². The molecule has 4 aromatic heterocycles. The zero-order valence-electron chi connectivity index (χ0n) is 32.0. The Balaban J connectivity index is 0.000000302. The first-order valence-electron chi connectivity index (χ1n) is 17.4. The summed E-state index contributed by atoms with van der Waals surface area (Å²) in [6.07, 6.45) is 1.22. The molecule has 6 heteroatoms. The molecule has 4 heterocycles. The summed E-state index contributed by atoms with van der Waals surface area (Å²) in [6, 6.07) is 27.6. The van der Waals surface area contributed by atoms with Gasteiger partial charge < -0.3 is 14.4 Å². The van der Waals surface area contributed by atoms with Crippen molar-refractivity contribution in [1.82, 2.24) is 15.0 Å². The Morgan fingerprint density at radius 3 is 2.37 bits per heavy atom. The summed E-state index contributed by atoms with van der Waals surface area (Å²) in [5.41, 5.74) is 5.45. The second-order valence-corrected chi connectivity index (χ2v) is 14.3. The van der Waals surface area contributed by atoms with Gasteiger partial charge >= 0.3 is 0 Å². The smallest absolute Gasteiger partial charge is 0.123 e. The Hall–Kier alpha value is -3.70. The van der Waals surface area contributed by atoms with Gasteiger partial charge in [-0.15, -0.1) is 65.4 Å². The number of hydrogen-bond acceptors (Lipinski definition) is 5. The Labute approximate surface area is 296 Å². The molecule has 0 saturated carbocycles. The number of rotatable bonds is 3. The minimum absolute atomic E-state index is 0. The first-order valence-corrected chi connectivity index (χ1v) is 15.8. The van der Waals surface area contributed by atoms with E-state index in [9.17, 15) is 0 Å².